The maximum Gasteiger partial charge on any atom is 0.104 e. The van der Waals surface area contributed by atoms with Crippen LogP contribution < -0.4 is 0 Å². The fourth-order valence-corrected chi connectivity index (χ4v) is 2.18. The molecule has 2 unspecified atom stereocenters. The van der Waals surface area contributed by atoms with E-state index in [4.69, 9.17) is 5.26 Å². The molecule has 0 amide bonds. The van der Waals surface area contributed by atoms with Crippen LogP contribution in [-0.4, -0.2) is 22.5 Å². The highest BCUT2D eigenvalue weighted by Gasteiger charge is 2.41. The van der Waals surface area contributed by atoms with E-state index < -0.39 is 0 Å². The lowest BCUT2D eigenvalue weighted by atomic mass is 9.88. The molecular weight excluding hydrogens is 136 g/mol. The van der Waals surface area contributed by atoms with Gasteiger partial charge in [0.15, 0.2) is 0 Å². The van der Waals surface area contributed by atoms with Crippen LogP contribution in [0.4, 0.5) is 0 Å². The second kappa shape index (κ2) is 2.49. The van der Waals surface area contributed by atoms with Crippen molar-refractivity contribution in [1.29, 1.82) is 5.26 Å². The van der Waals surface area contributed by atoms with Crippen LogP contribution in [0.5, 0.6) is 0 Å². The molecule has 0 saturated carbocycles. The summed E-state index contributed by atoms with van der Waals surface area (Å²) >= 11 is 0. The third-order valence-electron chi connectivity index (χ3n) is 2.55. The molecule has 1 aliphatic rings. The van der Waals surface area contributed by atoms with Crippen molar-refractivity contribution in [3.8, 4) is 6.07 Å². The first-order valence-electron chi connectivity index (χ1n) is 4.18. The van der Waals surface area contributed by atoms with Crippen LogP contribution in [0.2, 0.25) is 0 Å². The van der Waals surface area contributed by atoms with Gasteiger partial charge >= 0.3 is 0 Å². The number of rotatable bonds is 1. The molecule has 1 fully saturated rings. The number of nitriles is 1. The first kappa shape index (κ1) is 8.55. The van der Waals surface area contributed by atoms with Gasteiger partial charge < -0.3 is 0 Å². The second-order valence-electron chi connectivity index (χ2n) is 4.01. The van der Waals surface area contributed by atoms with Gasteiger partial charge in [0.1, 0.15) is 5.54 Å². The molecule has 2 heteroatoms. The Balaban J connectivity index is 2.68. The SMILES string of the molecule is CC1CC(C)N1C(C)(C)C#N. The monoisotopic (exact) mass is 152 g/mol. The van der Waals surface area contributed by atoms with Gasteiger partial charge in [-0.1, -0.05) is 0 Å². The normalized spacial score (nSPS) is 32.6. The predicted molar refractivity (Wildman–Crippen MR) is 45.1 cm³/mol. The molecule has 1 rings (SSSR count). The quantitative estimate of drug-likeness (QED) is 0.572. The Bertz CT molecular complexity index is 182. The third kappa shape index (κ3) is 1.25. The van der Waals surface area contributed by atoms with E-state index in [2.05, 4.69) is 24.8 Å². The fraction of sp³-hybridized carbons (Fsp3) is 0.889. The van der Waals surface area contributed by atoms with Crippen LogP contribution in [0.25, 0.3) is 0 Å². The Morgan fingerprint density at radius 3 is 2.00 bits per heavy atom. The summed E-state index contributed by atoms with van der Waals surface area (Å²) < 4.78 is 0. The summed E-state index contributed by atoms with van der Waals surface area (Å²) in [6.45, 7) is 8.33. The van der Waals surface area contributed by atoms with Crippen molar-refractivity contribution >= 4 is 0 Å². The summed E-state index contributed by atoms with van der Waals surface area (Å²) in [5.41, 5.74) is -0.281. The molecule has 0 aromatic rings. The van der Waals surface area contributed by atoms with Crippen LogP contribution in [0.15, 0.2) is 0 Å². The van der Waals surface area contributed by atoms with Crippen LogP contribution in [-0.2, 0) is 0 Å². The van der Waals surface area contributed by atoms with Crippen LogP contribution in [0, 0.1) is 11.3 Å². The Morgan fingerprint density at radius 1 is 1.36 bits per heavy atom. The zero-order valence-electron chi connectivity index (χ0n) is 7.76. The lowest BCUT2D eigenvalue weighted by molar-refractivity contribution is -0.0234. The zero-order valence-corrected chi connectivity index (χ0v) is 7.76. The van der Waals surface area contributed by atoms with Gasteiger partial charge in [-0.15, -0.1) is 0 Å². The minimum absolute atomic E-state index is 0.281. The van der Waals surface area contributed by atoms with Crippen LogP contribution >= 0.6 is 0 Å². The second-order valence-corrected chi connectivity index (χ2v) is 4.01. The van der Waals surface area contributed by atoms with Gasteiger partial charge in [-0.05, 0) is 34.1 Å². The fourth-order valence-electron chi connectivity index (χ4n) is 2.18. The summed E-state index contributed by atoms with van der Waals surface area (Å²) in [6, 6.07) is 3.50. The summed E-state index contributed by atoms with van der Waals surface area (Å²) in [7, 11) is 0. The molecule has 0 bridgehead atoms. The lowest BCUT2D eigenvalue weighted by Crippen LogP contribution is -2.61. The zero-order chi connectivity index (χ0) is 8.65. The van der Waals surface area contributed by atoms with Crippen molar-refractivity contribution in [3.63, 3.8) is 0 Å². The molecular formula is C9H16N2. The number of likely N-dealkylation sites (tertiary alicyclic amines) is 1. The molecule has 0 aromatic heterocycles. The molecule has 0 aromatic carbocycles. The third-order valence-corrected chi connectivity index (χ3v) is 2.55. The molecule has 1 heterocycles. The Hall–Kier alpha value is -0.550. The average molecular weight is 152 g/mol. The molecule has 0 N–H and O–H groups in total. The van der Waals surface area contributed by atoms with Gasteiger partial charge in [-0.2, -0.15) is 5.26 Å². The smallest absolute Gasteiger partial charge is 0.104 e. The highest BCUT2D eigenvalue weighted by Crippen LogP contribution is 2.32. The molecule has 0 spiro atoms. The van der Waals surface area contributed by atoms with E-state index in [1.807, 2.05) is 13.8 Å². The molecule has 1 saturated heterocycles. The van der Waals surface area contributed by atoms with Crippen LogP contribution in [0.1, 0.15) is 34.1 Å². The van der Waals surface area contributed by atoms with E-state index in [0.29, 0.717) is 12.1 Å². The van der Waals surface area contributed by atoms with Gasteiger partial charge in [0.2, 0.25) is 0 Å². The van der Waals surface area contributed by atoms with E-state index in [0.717, 1.165) is 0 Å². The van der Waals surface area contributed by atoms with Crippen molar-refractivity contribution in [2.45, 2.75) is 51.7 Å². The van der Waals surface area contributed by atoms with E-state index in [-0.39, 0.29) is 5.54 Å². The van der Waals surface area contributed by atoms with Gasteiger partial charge in [-0.3, -0.25) is 4.90 Å². The minimum Gasteiger partial charge on any atom is -0.280 e. The molecule has 0 radical (unpaired) electrons. The Morgan fingerprint density at radius 2 is 1.82 bits per heavy atom. The largest absolute Gasteiger partial charge is 0.280 e. The highest BCUT2D eigenvalue weighted by molar-refractivity contribution is 5.08. The molecule has 1 aliphatic heterocycles. The van der Waals surface area contributed by atoms with Crippen molar-refractivity contribution in [2.24, 2.45) is 0 Å². The summed E-state index contributed by atoms with van der Waals surface area (Å²) in [6.07, 6.45) is 1.23. The number of nitrogens with zero attached hydrogens (tertiary/aromatic N) is 2. The molecule has 11 heavy (non-hydrogen) atoms. The predicted octanol–water partition coefficient (Wildman–Crippen LogP) is 1.77. The van der Waals surface area contributed by atoms with Crippen molar-refractivity contribution in [2.75, 3.05) is 0 Å². The van der Waals surface area contributed by atoms with Crippen molar-refractivity contribution in [1.82, 2.24) is 4.90 Å². The standard InChI is InChI=1S/C9H16N2/c1-7-5-8(2)11(7)9(3,4)6-10/h7-8H,5H2,1-4H3. The minimum atomic E-state index is -0.281. The van der Waals surface area contributed by atoms with E-state index >= 15 is 0 Å². The maximum atomic E-state index is 8.87. The first-order chi connectivity index (χ1) is 4.99. The van der Waals surface area contributed by atoms with Gasteiger partial charge in [0.25, 0.3) is 0 Å². The highest BCUT2D eigenvalue weighted by atomic mass is 15.3. The first-order valence-corrected chi connectivity index (χ1v) is 4.18. The van der Waals surface area contributed by atoms with Gasteiger partial charge in [0.05, 0.1) is 6.07 Å². The summed E-state index contributed by atoms with van der Waals surface area (Å²) in [5, 5.41) is 8.87. The lowest BCUT2D eigenvalue weighted by Gasteiger charge is -2.51. The average Bonchev–Trinajstić information content (AvgIpc) is 1.86. The van der Waals surface area contributed by atoms with Crippen LogP contribution in [0.3, 0.4) is 0 Å². The Kier molecular flexibility index (Phi) is 1.94. The topological polar surface area (TPSA) is 27.0 Å². The summed E-state index contributed by atoms with van der Waals surface area (Å²) in [5.74, 6) is 0. The summed E-state index contributed by atoms with van der Waals surface area (Å²) in [4.78, 5) is 2.27. The molecule has 62 valence electrons. The van der Waals surface area contributed by atoms with E-state index in [9.17, 15) is 0 Å². The number of hydrogen-bond acceptors (Lipinski definition) is 2. The molecule has 2 atom stereocenters. The van der Waals surface area contributed by atoms with Crippen molar-refractivity contribution < 1.29 is 0 Å². The molecule has 2 nitrogen and oxygen atoms in total. The maximum absolute atomic E-state index is 8.87. The van der Waals surface area contributed by atoms with Gasteiger partial charge in [-0.25, -0.2) is 0 Å². The Labute approximate surface area is 68.8 Å². The number of hydrogen-bond donors (Lipinski definition) is 0. The molecule has 0 aliphatic carbocycles. The van der Waals surface area contributed by atoms with Gasteiger partial charge in [0, 0.05) is 12.1 Å². The van der Waals surface area contributed by atoms with E-state index in [1.54, 1.807) is 0 Å². The van der Waals surface area contributed by atoms with E-state index in [1.165, 1.54) is 6.42 Å². The van der Waals surface area contributed by atoms with Crippen molar-refractivity contribution in [3.05, 3.63) is 0 Å².